The first-order valence-corrected chi connectivity index (χ1v) is 9.37. The van der Waals surface area contributed by atoms with Crippen LogP contribution in [0.15, 0.2) is 36.4 Å². The first-order chi connectivity index (χ1) is 15.4. The zero-order chi connectivity index (χ0) is 24.8. The third-order valence-electron chi connectivity index (χ3n) is 4.47. The Morgan fingerprint density at radius 2 is 1.88 bits per heavy atom. The highest BCUT2D eigenvalue weighted by Crippen LogP contribution is 2.35. The smallest absolute Gasteiger partial charge is 0.416 e. The molecule has 0 aliphatic carbocycles. The fourth-order valence-electron chi connectivity index (χ4n) is 2.87. The first-order valence-electron chi connectivity index (χ1n) is 9.37. The number of ether oxygens (including phenoxy) is 2. The molecule has 0 bridgehead atoms. The van der Waals surface area contributed by atoms with E-state index in [0.717, 1.165) is 6.07 Å². The largest absolute Gasteiger partial charge is 0.493 e. The SMILES string of the molecule is COc1cc(CN(C)C(=O)CCNc2ccc(C(F)(F)F)cc2[N+](=O)[O-])ccc1OC(F)F. The summed E-state index contributed by atoms with van der Waals surface area (Å²) in [5, 5.41) is 13.7. The quantitative estimate of drug-likeness (QED) is 0.303. The summed E-state index contributed by atoms with van der Waals surface area (Å²) in [4.78, 5) is 23.8. The van der Waals surface area contributed by atoms with Crippen molar-refractivity contribution in [1.29, 1.82) is 0 Å². The van der Waals surface area contributed by atoms with E-state index in [0.29, 0.717) is 17.7 Å². The van der Waals surface area contributed by atoms with Crippen LogP contribution in [0.5, 0.6) is 11.5 Å². The van der Waals surface area contributed by atoms with Crippen molar-refractivity contribution >= 4 is 17.3 Å². The number of hydrogen-bond acceptors (Lipinski definition) is 6. The highest BCUT2D eigenvalue weighted by atomic mass is 19.4. The van der Waals surface area contributed by atoms with Gasteiger partial charge in [-0.25, -0.2) is 0 Å². The van der Waals surface area contributed by atoms with Gasteiger partial charge in [-0.05, 0) is 29.8 Å². The van der Waals surface area contributed by atoms with Gasteiger partial charge in [0.05, 0.1) is 17.6 Å². The number of halogens is 5. The van der Waals surface area contributed by atoms with Gasteiger partial charge < -0.3 is 19.7 Å². The number of alkyl halides is 5. The van der Waals surface area contributed by atoms with Gasteiger partial charge in [-0.2, -0.15) is 22.0 Å². The summed E-state index contributed by atoms with van der Waals surface area (Å²) in [5.74, 6) is -0.471. The van der Waals surface area contributed by atoms with Crippen molar-refractivity contribution in [3.8, 4) is 11.5 Å². The number of nitro benzene ring substituents is 1. The van der Waals surface area contributed by atoms with Crippen LogP contribution in [0.25, 0.3) is 0 Å². The Kier molecular flexibility index (Phi) is 8.38. The topological polar surface area (TPSA) is 93.9 Å². The van der Waals surface area contributed by atoms with E-state index in [9.17, 15) is 36.9 Å². The summed E-state index contributed by atoms with van der Waals surface area (Å²) >= 11 is 0. The third-order valence-corrected chi connectivity index (χ3v) is 4.47. The Morgan fingerprint density at radius 1 is 1.18 bits per heavy atom. The highest BCUT2D eigenvalue weighted by molar-refractivity contribution is 5.76. The number of anilines is 1. The van der Waals surface area contributed by atoms with Crippen LogP contribution >= 0.6 is 0 Å². The summed E-state index contributed by atoms with van der Waals surface area (Å²) in [7, 11) is 2.76. The molecule has 2 aromatic carbocycles. The van der Waals surface area contributed by atoms with E-state index in [1.54, 1.807) is 0 Å². The molecule has 0 unspecified atom stereocenters. The normalized spacial score (nSPS) is 11.3. The molecule has 0 fully saturated rings. The zero-order valence-electron chi connectivity index (χ0n) is 17.5. The molecular formula is C20H20F5N3O5. The number of amides is 1. The van der Waals surface area contributed by atoms with Crippen LogP contribution in [0.2, 0.25) is 0 Å². The molecule has 2 aromatic rings. The van der Waals surface area contributed by atoms with Crippen molar-refractivity contribution in [3.05, 3.63) is 57.6 Å². The van der Waals surface area contributed by atoms with E-state index in [2.05, 4.69) is 10.1 Å². The molecule has 0 spiro atoms. The van der Waals surface area contributed by atoms with Gasteiger partial charge in [0.1, 0.15) is 5.69 Å². The zero-order valence-corrected chi connectivity index (χ0v) is 17.5. The first kappa shape index (κ1) is 25.6. The molecule has 0 aromatic heterocycles. The lowest BCUT2D eigenvalue weighted by Gasteiger charge is -2.19. The van der Waals surface area contributed by atoms with Crippen LogP contribution in [0.3, 0.4) is 0 Å². The van der Waals surface area contributed by atoms with Gasteiger partial charge >= 0.3 is 12.8 Å². The maximum Gasteiger partial charge on any atom is 0.416 e. The molecule has 0 saturated carbocycles. The fourth-order valence-corrected chi connectivity index (χ4v) is 2.87. The number of benzene rings is 2. The average molecular weight is 477 g/mol. The summed E-state index contributed by atoms with van der Waals surface area (Å²) in [5.41, 5.74) is -1.50. The molecule has 0 aliphatic rings. The van der Waals surface area contributed by atoms with Crippen LogP contribution in [-0.2, 0) is 17.5 Å². The number of methoxy groups -OCH3 is 1. The minimum atomic E-state index is -4.73. The number of carbonyl (C=O) groups is 1. The van der Waals surface area contributed by atoms with Crippen LogP contribution in [-0.4, -0.2) is 43.0 Å². The maximum atomic E-state index is 12.8. The molecule has 0 aliphatic heterocycles. The Labute approximate surface area is 185 Å². The van der Waals surface area contributed by atoms with E-state index in [1.807, 2.05) is 0 Å². The number of hydrogen-bond donors (Lipinski definition) is 1. The number of nitro groups is 1. The molecular weight excluding hydrogens is 457 g/mol. The fraction of sp³-hybridized carbons (Fsp3) is 0.350. The van der Waals surface area contributed by atoms with Gasteiger partial charge in [0, 0.05) is 32.6 Å². The van der Waals surface area contributed by atoms with Crippen molar-refractivity contribution in [3.63, 3.8) is 0 Å². The Morgan fingerprint density at radius 3 is 2.45 bits per heavy atom. The van der Waals surface area contributed by atoms with Crippen LogP contribution in [0.1, 0.15) is 17.5 Å². The van der Waals surface area contributed by atoms with Gasteiger partial charge in [-0.3, -0.25) is 14.9 Å². The molecule has 2 rings (SSSR count). The van der Waals surface area contributed by atoms with Crippen molar-refractivity contribution in [2.75, 3.05) is 26.0 Å². The predicted molar refractivity (Wildman–Crippen MR) is 107 cm³/mol. The Bertz CT molecular complexity index is 1000. The summed E-state index contributed by atoms with van der Waals surface area (Å²) in [6.45, 7) is -2.99. The van der Waals surface area contributed by atoms with E-state index in [1.165, 1.54) is 37.3 Å². The van der Waals surface area contributed by atoms with E-state index in [4.69, 9.17) is 4.74 Å². The predicted octanol–water partition coefficient (Wildman–Crippen LogP) is 4.68. The summed E-state index contributed by atoms with van der Waals surface area (Å²) in [6, 6.07) is 6.26. The van der Waals surface area contributed by atoms with Gasteiger partial charge in [0.15, 0.2) is 11.5 Å². The van der Waals surface area contributed by atoms with E-state index >= 15 is 0 Å². The lowest BCUT2D eigenvalue weighted by molar-refractivity contribution is -0.384. The minimum Gasteiger partial charge on any atom is -0.493 e. The van der Waals surface area contributed by atoms with Crippen molar-refractivity contribution in [2.45, 2.75) is 25.8 Å². The summed E-state index contributed by atoms with van der Waals surface area (Å²) in [6.07, 6.45) is -4.84. The number of nitrogens with zero attached hydrogens (tertiary/aromatic N) is 2. The molecule has 33 heavy (non-hydrogen) atoms. The lowest BCUT2D eigenvalue weighted by atomic mass is 10.1. The minimum absolute atomic E-state index is 0.0601. The molecule has 1 N–H and O–H groups in total. The number of carbonyl (C=O) groups excluding carboxylic acids is 1. The molecule has 0 saturated heterocycles. The molecule has 0 radical (unpaired) electrons. The monoisotopic (exact) mass is 477 g/mol. The van der Waals surface area contributed by atoms with Crippen molar-refractivity contribution in [1.82, 2.24) is 4.90 Å². The summed E-state index contributed by atoms with van der Waals surface area (Å²) < 4.78 is 72.5. The third kappa shape index (κ3) is 7.19. The van der Waals surface area contributed by atoms with Crippen molar-refractivity contribution in [2.24, 2.45) is 0 Å². The van der Waals surface area contributed by atoms with Crippen LogP contribution < -0.4 is 14.8 Å². The van der Waals surface area contributed by atoms with Gasteiger partial charge in [0.2, 0.25) is 5.91 Å². The molecule has 1 amide bonds. The molecule has 0 heterocycles. The van der Waals surface area contributed by atoms with Crippen molar-refractivity contribution < 1.29 is 41.1 Å². The van der Waals surface area contributed by atoms with Crippen LogP contribution in [0, 0.1) is 10.1 Å². The molecule has 8 nitrogen and oxygen atoms in total. The highest BCUT2D eigenvalue weighted by Gasteiger charge is 2.33. The van der Waals surface area contributed by atoms with Gasteiger partial charge in [0.25, 0.3) is 5.69 Å². The molecule has 13 heteroatoms. The second-order valence-electron chi connectivity index (χ2n) is 6.78. The molecule has 0 atom stereocenters. The Hall–Kier alpha value is -3.64. The maximum absolute atomic E-state index is 12.8. The van der Waals surface area contributed by atoms with E-state index < -0.39 is 29.0 Å². The lowest BCUT2D eigenvalue weighted by Crippen LogP contribution is -2.27. The second-order valence-corrected chi connectivity index (χ2v) is 6.78. The standard InChI is InChI=1S/C20H20F5N3O5/c1-27(11-12-3-6-16(33-19(21)22)17(9-12)32-2)18(29)7-8-26-14-5-4-13(20(23,24)25)10-15(14)28(30)31/h3-6,9-10,19,26H,7-8,11H2,1-2H3. The number of rotatable bonds is 10. The Balaban J connectivity index is 1.98. The van der Waals surface area contributed by atoms with E-state index in [-0.39, 0.29) is 42.6 Å². The van der Waals surface area contributed by atoms with Crippen LogP contribution in [0.4, 0.5) is 33.3 Å². The van der Waals surface area contributed by atoms with Gasteiger partial charge in [-0.1, -0.05) is 6.07 Å². The van der Waals surface area contributed by atoms with Gasteiger partial charge in [-0.15, -0.1) is 0 Å². The average Bonchev–Trinajstić information content (AvgIpc) is 2.73. The second kappa shape index (κ2) is 10.8. The number of nitrogens with one attached hydrogen (secondary N) is 1. The molecule has 180 valence electrons.